The zero-order chi connectivity index (χ0) is 15.1. The van der Waals surface area contributed by atoms with E-state index in [1.165, 1.54) is 24.2 Å². The van der Waals surface area contributed by atoms with Gasteiger partial charge in [-0.15, -0.1) is 0 Å². The Labute approximate surface area is 133 Å². The van der Waals surface area contributed by atoms with E-state index in [1.54, 1.807) is 11.1 Å². The molecule has 1 aliphatic carbocycles. The van der Waals surface area contributed by atoms with Gasteiger partial charge in [-0.2, -0.15) is 0 Å². The fourth-order valence-corrected chi connectivity index (χ4v) is 3.89. The third-order valence-electron chi connectivity index (χ3n) is 5.03. The highest BCUT2D eigenvalue weighted by Crippen LogP contribution is 2.61. The average Bonchev–Trinajstić information content (AvgIpc) is 3.32. The van der Waals surface area contributed by atoms with Crippen LogP contribution in [0.15, 0.2) is 48.5 Å². The molecule has 1 saturated carbocycles. The number of anilines is 2. The predicted molar refractivity (Wildman–Crippen MR) is 93.2 cm³/mol. The molecule has 22 heavy (non-hydrogen) atoms. The van der Waals surface area contributed by atoms with Gasteiger partial charge in [0, 0.05) is 17.9 Å². The van der Waals surface area contributed by atoms with Crippen LogP contribution in [0, 0.1) is 0 Å². The minimum atomic E-state index is 0.733. The second-order valence-electron chi connectivity index (χ2n) is 6.87. The van der Waals surface area contributed by atoms with E-state index in [9.17, 15) is 0 Å². The Morgan fingerprint density at radius 2 is 1.45 bits per heavy atom. The second-order valence-corrected chi connectivity index (χ2v) is 6.87. The van der Waals surface area contributed by atoms with Crippen LogP contribution in [0.2, 0.25) is 0 Å². The van der Waals surface area contributed by atoms with Crippen LogP contribution in [0.3, 0.4) is 0 Å². The zero-order valence-electron chi connectivity index (χ0n) is 13.5. The van der Waals surface area contributed by atoms with E-state index in [4.69, 9.17) is 0 Å². The molecule has 1 fully saturated rings. The average molecular weight is 292 g/mol. The molecule has 2 aromatic carbocycles. The lowest BCUT2D eigenvalue weighted by Gasteiger charge is -2.28. The van der Waals surface area contributed by atoms with Crippen LogP contribution in [0.25, 0.3) is 0 Å². The fraction of sp³-hybridized carbons (Fsp3) is 0.400. The largest absolute Gasteiger partial charge is 0.341 e. The Hall–Kier alpha value is -1.80. The zero-order valence-corrected chi connectivity index (χ0v) is 13.5. The van der Waals surface area contributed by atoms with Gasteiger partial charge in [-0.05, 0) is 68.6 Å². The van der Waals surface area contributed by atoms with Crippen molar-refractivity contribution in [2.24, 2.45) is 0 Å². The lowest BCUT2D eigenvalue weighted by molar-refractivity contribution is 0.402. The molecule has 114 valence electrons. The summed E-state index contributed by atoms with van der Waals surface area (Å²) in [6.45, 7) is 2.22. The predicted octanol–water partition coefficient (Wildman–Crippen LogP) is 4.36. The molecular formula is C20H24N2. The van der Waals surface area contributed by atoms with Crippen molar-refractivity contribution in [1.29, 1.82) is 0 Å². The Bertz CT molecular complexity index is 625. The third-order valence-corrected chi connectivity index (χ3v) is 5.03. The van der Waals surface area contributed by atoms with Gasteiger partial charge in [0.1, 0.15) is 0 Å². The molecule has 0 bridgehead atoms. The summed E-state index contributed by atoms with van der Waals surface area (Å²) in [6.07, 6.45) is 2.50. The van der Waals surface area contributed by atoms with E-state index >= 15 is 0 Å². The molecule has 0 spiro atoms. The summed E-state index contributed by atoms with van der Waals surface area (Å²) in [5.74, 6) is 1.47. The number of para-hydroxylation sites is 2. The van der Waals surface area contributed by atoms with Crippen molar-refractivity contribution in [1.82, 2.24) is 4.90 Å². The minimum absolute atomic E-state index is 0.733. The van der Waals surface area contributed by atoms with Gasteiger partial charge in [0.15, 0.2) is 0 Å². The molecule has 4 rings (SSSR count). The lowest BCUT2D eigenvalue weighted by atomic mass is 10.0. The summed E-state index contributed by atoms with van der Waals surface area (Å²) in [7, 11) is 4.30. The van der Waals surface area contributed by atoms with E-state index in [-0.39, 0.29) is 0 Å². The van der Waals surface area contributed by atoms with Gasteiger partial charge in [0.25, 0.3) is 0 Å². The molecule has 1 heterocycles. The number of rotatable bonds is 4. The van der Waals surface area contributed by atoms with E-state index in [2.05, 4.69) is 72.4 Å². The number of fused-ring (bicyclic) bond motifs is 5. The molecule has 2 nitrogen and oxygen atoms in total. The second kappa shape index (κ2) is 5.44. The molecule has 2 aromatic rings. The summed E-state index contributed by atoms with van der Waals surface area (Å²) in [6, 6.07) is 18.1. The highest BCUT2D eigenvalue weighted by molar-refractivity contribution is 5.74. The normalized spacial score (nSPS) is 21.9. The summed E-state index contributed by atoms with van der Waals surface area (Å²) in [4.78, 5) is 4.83. The standard InChI is InChI=1S/C20H24N2/c1-21(2)12-7-13-22-19-10-5-3-8-15(19)17-14-18(17)16-9-4-6-11-20(16)22/h3-6,8-11,17-18H,7,12-14H2,1-2H3. The van der Waals surface area contributed by atoms with Crippen molar-refractivity contribution < 1.29 is 0 Å². The highest BCUT2D eigenvalue weighted by Gasteiger charge is 2.44. The molecule has 0 saturated heterocycles. The van der Waals surface area contributed by atoms with Gasteiger partial charge in [-0.1, -0.05) is 36.4 Å². The monoisotopic (exact) mass is 292 g/mol. The Kier molecular flexibility index (Phi) is 3.42. The maximum atomic E-state index is 2.56. The van der Waals surface area contributed by atoms with E-state index in [1.807, 2.05) is 0 Å². The van der Waals surface area contributed by atoms with Crippen LogP contribution in [-0.4, -0.2) is 32.1 Å². The van der Waals surface area contributed by atoms with Gasteiger partial charge >= 0.3 is 0 Å². The van der Waals surface area contributed by atoms with Crippen molar-refractivity contribution in [3.05, 3.63) is 59.7 Å². The van der Waals surface area contributed by atoms with Crippen molar-refractivity contribution in [3.8, 4) is 0 Å². The third kappa shape index (κ3) is 2.32. The number of hydrogen-bond donors (Lipinski definition) is 0. The number of benzene rings is 2. The van der Waals surface area contributed by atoms with Gasteiger partial charge in [-0.3, -0.25) is 0 Å². The Morgan fingerprint density at radius 3 is 2.00 bits per heavy atom. The van der Waals surface area contributed by atoms with Gasteiger partial charge < -0.3 is 9.80 Å². The quantitative estimate of drug-likeness (QED) is 0.826. The summed E-state index contributed by atoms with van der Waals surface area (Å²) < 4.78 is 0. The number of hydrogen-bond acceptors (Lipinski definition) is 2. The fourth-order valence-electron chi connectivity index (χ4n) is 3.89. The van der Waals surface area contributed by atoms with Crippen LogP contribution in [0.4, 0.5) is 11.4 Å². The molecule has 2 atom stereocenters. The van der Waals surface area contributed by atoms with E-state index < -0.39 is 0 Å². The SMILES string of the molecule is CN(C)CCCN1c2ccccc2C2CC2c2ccccc21. The summed E-state index contributed by atoms with van der Waals surface area (Å²) in [5.41, 5.74) is 5.96. The first kappa shape index (κ1) is 13.8. The molecule has 2 heteroatoms. The van der Waals surface area contributed by atoms with Crippen molar-refractivity contribution in [2.45, 2.75) is 24.7 Å². The maximum absolute atomic E-state index is 2.56. The van der Waals surface area contributed by atoms with Crippen LogP contribution >= 0.6 is 0 Å². The van der Waals surface area contributed by atoms with Crippen LogP contribution in [0.1, 0.15) is 35.8 Å². The Balaban J connectivity index is 1.74. The molecular weight excluding hydrogens is 268 g/mol. The lowest BCUT2D eigenvalue weighted by Crippen LogP contribution is -2.24. The maximum Gasteiger partial charge on any atom is 0.0446 e. The molecule has 0 N–H and O–H groups in total. The van der Waals surface area contributed by atoms with Crippen molar-refractivity contribution >= 4 is 11.4 Å². The van der Waals surface area contributed by atoms with Gasteiger partial charge in [0.2, 0.25) is 0 Å². The smallest absolute Gasteiger partial charge is 0.0446 e. The molecule has 0 amide bonds. The number of nitrogens with zero attached hydrogens (tertiary/aromatic N) is 2. The topological polar surface area (TPSA) is 6.48 Å². The van der Waals surface area contributed by atoms with E-state index in [0.29, 0.717) is 0 Å². The van der Waals surface area contributed by atoms with E-state index in [0.717, 1.165) is 24.9 Å². The van der Waals surface area contributed by atoms with Crippen LogP contribution in [-0.2, 0) is 0 Å². The molecule has 1 aliphatic heterocycles. The minimum Gasteiger partial charge on any atom is -0.341 e. The Morgan fingerprint density at radius 1 is 0.909 bits per heavy atom. The molecule has 2 unspecified atom stereocenters. The van der Waals surface area contributed by atoms with Crippen molar-refractivity contribution in [2.75, 3.05) is 32.1 Å². The van der Waals surface area contributed by atoms with Gasteiger partial charge in [-0.25, -0.2) is 0 Å². The van der Waals surface area contributed by atoms with Gasteiger partial charge in [0.05, 0.1) is 0 Å². The van der Waals surface area contributed by atoms with Crippen molar-refractivity contribution in [3.63, 3.8) is 0 Å². The van der Waals surface area contributed by atoms with Crippen LogP contribution < -0.4 is 4.90 Å². The van der Waals surface area contributed by atoms with Crippen LogP contribution in [0.5, 0.6) is 0 Å². The molecule has 0 aromatic heterocycles. The summed E-state index contributed by atoms with van der Waals surface area (Å²) in [5, 5.41) is 0. The first-order valence-electron chi connectivity index (χ1n) is 8.36. The molecule has 0 radical (unpaired) electrons. The summed E-state index contributed by atoms with van der Waals surface area (Å²) >= 11 is 0. The first-order chi connectivity index (χ1) is 10.8. The highest BCUT2D eigenvalue weighted by atomic mass is 15.2. The first-order valence-corrected chi connectivity index (χ1v) is 8.36. The molecule has 2 aliphatic rings.